The predicted octanol–water partition coefficient (Wildman–Crippen LogP) is 2.30. The lowest BCUT2D eigenvalue weighted by molar-refractivity contribution is -0.118. The van der Waals surface area contributed by atoms with Crippen molar-refractivity contribution >= 4 is 33.4 Å². The third kappa shape index (κ3) is 3.43. The molecule has 0 aliphatic carbocycles. The third-order valence-electron chi connectivity index (χ3n) is 2.38. The molecule has 0 saturated heterocycles. The summed E-state index contributed by atoms with van der Waals surface area (Å²) < 4.78 is 13.6. The highest BCUT2D eigenvalue weighted by Gasteiger charge is 2.21. The van der Waals surface area contributed by atoms with E-state index in [0.717, 1.165) is 0 Å². The van der Waals surface area contributed by atoms with Crippen molar-refractivity contribution in [3.8, 4) is 0 Å². The lowest BCUT2D eigenvalue weighted by Gasteiger charge is -2.13. The van der Waals surface area contributed by atoms with Crippen molar-refractivity contribution in [2.24, 2.45) is 16.8 Å². The summed E-state index contributed by atoms with van der Waals surface area (Å²) in [6.45, 7) is 1.73. The quantitative estimate of drug-likeness (QED) is 0.344. The number of anilines is 1. The van der Waals surface area contributed by atoms with Crippen LogP contribution in [0, 0.1) is 11.7 Å². The summed E-state index contributed by atoms with van der Waals surface area (Å²) in [5.74, 6) is -1.85. The number of benzene rings is 1. The first kappa shape index (κ1) is 14.4. The standard InChI is InChI=1S/C11H13BrFN3O2/c1-2-7(10(14)16-18)11(17)15-6-3-4-8(12)9(13)5-6/h3-5,7,18H,2H2,1H3,(H2,14,16)(H,15,17). The van der Waals surface area contributed by atoms with Crippen molar-refractivity contribution in [3.63, 3.8) is 0 Å². The lowest BCUT2D eigenvalue weighted by atomic mass is 10.0. The van der Waals surface area contributed by atoms with Gasteiger partial charge in [0.25, 0.3) is 0 Å². The number of hydrogen-bond donors (Lipinski definition) is 3. The molecule has 5 nitrogen and oxygen atoms in total. The molecule has 7 heteroatoms. The van der Waals surface area contributed by atoms with Crippen molar-refractivity contribution in [2.75, 3.05) is 5.32 Å². The fraction of sp³-hybridized carbons (Fsp3) is 0.273. The van der Waals surface area contributed by atoms with Gasteiger partial charge < -0.3 is 16.3 Å². The number of rotatable bonds is 4. The van der Waals surface area contributed by atoms with Gasteiger partial charge in [0.2, 0.25) is 5.91 Å². The maximum Gasteiger partial charge on any atom is 0.235 e. The average molecular weight is 318 g/mol. The maximum absolute atomic E-state index is 13.3. The molecule has 1 aromatic carbocycles. The van der Waals surface area contributed by atoms with Crippen molar-refractivity contribution in [2.45, 2.75) is 13.3 Å². The van der Waals surface area contributed by atoms with Crippen LogP contribution in [0.4, 0.5) is 10.1 Å². The van der Waals surface area contributed by atoms with Gasteiger partial charge in [0.15, 0.2) is 5.84 Å². The molecule has 0 spiro atoms. The number of amides is 1. The normalized spacial score (nSPS) is 13.2. The first-order valence-corrected chi connectivity index (χ1v) is 6.02. The molecule has 0 fully saturated rings. The van der Waals surface area contributed by atoms with Crippen LogP contribution in [0.2, 0.25) is 0 Å². The van der Waals surface area contributed by atoms with Gasteiger partial charge in [-0.2, -0.15) is 0 Å². The number of nitrogens with one attached hydrogen (secondary N) is 1. The second-order valence-corrected chi connectivity index (χ2v) is 4.46. The SMILES string of the molecule is CCC(C(=O)Nc1ccc(Br)c(F)c1)C(N)=NO. The monoisotopic (exact) mass is 317 g/mol. The smallest absolute Gasteiger partial charge is 0.235 e. The van der Waals surface area contributed by atoms with E-state index < -0.39 is 17.6 Å². The van der Waals surface area contributed by atoms with Crippen LogP contribution >= 0.6 is 15.9 Å². The Labute approximate surface area is 112 Å². The summed E-state index contributed by atoms with van der Waals surface area (Å²) in [4.78, 5) is 11.8. The minimum Gasteiger partial charge on any atom is -0.409 e. The number of carbonyl (C=O) groups is 1. The first-order valence-electron chi connectivity index (χ1n) is 5.23. The molecule has 98 valence electrons. The van der Waals surface area contributed by atoms with E-state index >= 15 is 0 Å². The van der Waals surface area contributed by atoms with E-state index in [1.807, 2.05) is 0 Å². The van der Waals surface area contributed by atoms with Gasteiger partial charge in [-0.1, -0.05) is 12.1 Å². The Balaban J connectivity index is 2.83. The van der Waals surface area contributed by atoms with Crippen molar-refractivity contribution in [1.82, 2.24) is 0 Å². The van der Waals surface area contributed by atoms with Crippen molar-refractivity contribution < 1.29 is 14.4 Å². The summed E-state index contributed by atoms with van der Waals surface area (Å²) in [5.41, 5.74) is 5.70. The van der Waals surface area contributed by atoms with Crippen LogP contribution in [0.15, 0.2) is 27.8 Å². The molecule has 1 aromatic rings. The van der Waals surface area contributed by atoms with Crippen LogP contribution in [0.1, 0.15) is 13.3 Å². The fourth-order valence-corrected chi connectivity index (χ4v) is 1.65. The summed E-state index contributed by atoms with van der Waals surface area (Å²) in [5, 5.41) is 13.9. The number of amidine groups is 1. The Morgan fingerprint density at radius 2 is 2.33 bits per heavy atom. The third-order valence-corrected chi connectivity index (χ3v) is 3.03. The number of halogens is 2. The number of nitrogens with two attached hydrogens (primary N) is 1. The zero-order valence-electron chi connectivity index (χ0n) is 9.65. The van der Waals surface area contributed by atoms with E-state index in [2.05, 4.69) is 26.4 Å². The van der Waals surface area contributed by atoms with Gasteiger partial charge in [-0.3, -0.25) is 4.79 Å². The Bertz CT molecular complexity index is 479. The number of carbonyl (C=O) groups excluding carboxylic acids is 1. The molecule has 0 bridgehead atoms. The van der Waals surface area contributed by atoms with Gasteiger partial charge in [0.1, 0.15) is 5.82 Å². The maximum atomic E-state index is 13.3. The Hall–Kier alpha value is -1.63. The van der Waals surface area contributed by atoms with Crippen molar-refractivity contribution in [1.29, 1.82) is 0 Å². The van der Waals surface area contributed by atoms with Gasteiger partial charge in [0, 0.05) is 5.69 Å². The Morgan fingerprint density at radius 3 is 2.83 bits per heavy atom. The van der Waals surface area contributed by atoms with Crippen LogP contribution in [0.5, 0.6) is 0 Å². The highest BCUT2D eigenvalue weighted by molar-refractivity contribution is 9.10. The molecule has 1 atom stereocenters. The molecule has 1 amide bonds. The topological polar surface area (TPSA) is 87.7 Å². The molecule has 4 N–H and O–H groups in total. The molecule has 0 aliphatic rings. The van der Waals surface area contributed by atoms with E-state index in [9.17, 15) is 9.18 Å². The highest BCUT2D eigenvalue weighted by Crippen LogP contribution is 2.20. The zero-order valence-corrected chi connectivity index (χ0v) is 11.2. The zero-order chi connectivity index (χ0) is 13.7. The van der Waals surface area contributed by atoms with Crippen LogP contribution in [-0.4, -0.2) is 17.0 Å². The Morgan fingerprint density at radius 1 is 1.67 bits per heavy atom. The molecule has 0 heterocycles. The molecule has 0 aromatic heterocycles. The fourth-order valence-electron chi connectivity index (χ4n) is 1.40. The Kier molecular flexibility index (Phi) is 5.08. The summed E-state index contributed by atoms with van der Waals surface area (Å²) in [6.07, 6.45) is 0.376. The number of oxime groups is 1. The van der Waals surface area contributed by atoms with E-state index in [1.165, 1.54) is 12.1 Å². The van der Waals surface area contributed by atoms with Gasteiger partial charge in [-0.15, -0.1) is 0 Å². The van der Waals surface area contributed by atoms with Crippen LogP contribution in [0.25, 0.3) is 0 Å². The van der Waals surface area contributed by atoms with Crippen LogP contribution in [-0.2, 0) is 4.79 Å². The molecule has 1 rings (SSSR count). The molecule has 0 saturated carbocycles. The van der Waals surface area contributed by atoms with Gasteiger partial charge in [0.05, 0.1) is 10.4 Å². The van der Waals surface area contributed by atoms with Gasteiger partial charge in [-0.25, -0.2) is 4.39 Å². The second-order valence-electron chi connectivity index (χ2n) is 3.60. The minimum atomic E-state index is -0.748. The summed E-state index contributed by atoms with van der Waals surface area (Å²) >= 11 is 3.01. The lowest BCUT2D eigenvalue weighted by Crippen LogP contribution is -2.34. The molecular formula is C11H13BrFN3O2. The van der Waals surface area contributed by atoms with Crippen LogP contribution < -0.4 is 11.1 Å². The van der Waals surface area contributed by atoms with Crippen molar-refractivity contribution in [3.05, 3.63) is 28.5 Å². The van der Waals surface area contributed by atoms with Crippen LogP contribution in [0.3, 0.4) is 0 Å². The number of hydrogen-bond acceptors (Lipinski definition) is 3. The van der Waals surface area contributed by atoms with E-state index in [0.29, 0.717) is 16.6 Å². The molecule has 1 unspecified atom stereocenters. The highest BCUT2D eigenvalue weighted by atomic mass is 79.9. The van der Waals surface area contributed by atoms with E-state index in [-0.39, 0.29) is 5.84 Å². The van der Waals surface area contributed by atoms with E-state index in [1.54, 1.807) is 13.0 Å². The summed E-state index contributed by atoms with van der Waals surface area (Å²) in [7, 11) is 0. The predicted molar refractivity (Wildman–Crippen MR) is 69.9 cm³/mol. The molecule has 18 heavy (non-hydrogen) atoms. The minimum absolute atomic E-state index is 0.174. The number of nitrogens with zero attached hydrogens (tertiary/aromatic N) is 1. The van der Waals surface area contributed by atoms with Gasteiger partial charge >= 0.3 is 0 Å². The second kappa shape index (κ2) is 6.34. The van der Waals surface area contributed by atoms with Gasteiger partial charge in [-0.05, 0) is 40.5 Å². The molecule has 0 aliphatic heterocycles. The summed E-state index contributed by atoms with van der Waals surface area (Å²) in [6, 6.07) is 4.21. The first-order chi connectivity index (χ1) is 8.49. The molecular weight excluding hydrogens is 305 g/mol. The largest absolute Gasteiger partial charge is 0.409 e. The average Bonchev–Trinajstić information content (AvgIpc) is 2.34. The van der Waals surface area contributed by atoms with E-state index in [4.69, 9.17) is 10.9 Å². The molecule has 0 radical (unpaired) electrons.